The highest BCUT2D eigenvalue weighted by atomic mass is 15.1. The van der Waals surface area contributed by atoms with Crippen LogP contribution in [-0.4, -0.2) is 9.55 Å². The average Bonchev–Trinajstić information content (AvgIpc) is 3.50. The summed E-state index contributed by atoms with van der Waals surface area (Å²) in [5.74, 6) is 0.957. The molecule has 1 aromatic heterocycles. The molecule has 1 heterocycles. The second-order valence-corrected chi connectivity index (χ2v) is 12.3. The Morgan fingerprint density at radius 1 is 0.565 bits per heavy atom. The van der Waals surface area contributed by atoms with Crippen LogP contribution in [0.5, 0.6) is 0 Å². The molecule has 9 rings (SSSR count). The fourth-order valence-electron chi connectivity index (χ4n) is 7.45. The lowest BCUT2D eigenvalue weighted by atomic mass is 9.84. The van der Waals surface area contributed by atoms with Gasteiger partial charge in [-0.25, -0.2) is 4.98 Å². The Bertz CT molecular complexity index is 2420. The van der Waals surface area contributed by atoms with E-state index in [1.54, 1.807) is 0 Å². The van der Waals surface area contributed by atoms with E-state index in [1.165, 1.54) is 60.5 Å². The third kappa shape index (κ3) is 4.22. The fourth-order valence-corrected chi connectivity index (χ4v) is 7.45. The number of hydrogen-bond donors (Lipinski definition) is 0. The van der Waals surface area contributed by atoms with Crippen LogP contribution in [0.25, 0.3) is 78.0 Å². The summed E-state index contributed by atoms with van der Waals surface area (Å²) in [6, 6.07) is 50.7. The maximum absolute atomic E-state index is 5.09. The molecule has 0 saturated carbocycles. The lowest BCUT2D eigenvalue weighted by Crippen LogP contribution is -2.00. The summed E-state index contributed by atoms with van der Waals surface area (Å²) < 4.78 is 2.31. The van der Waals surface area contributed by atoms with Crippen molar-refractivity contribution in [2.45, 2.75) is 19.8 Å². The summed E-state index contributed by atoms with van der Waals surface area (Å²) in [6.45, 7) is 2.22. The molecule has 2 nitrogen and oxygen atoms in total. The number of fused-ring (bicyclic) bond motifs is 4. The summed E-state index contributed by atoms with van der Waals surface area (Å²) in [5, 5.41) is 5.13. The van der Waals surface area contributed by atoms with E-state index in [9.17, 15) is 0 Å². The first-order valence-electron chi connectivity index (χ1n) is 16.1. The number of imidazole rings is 1. The van der Waals surface area contributed by atoms with Crippen LogP contribution >= 0.6 is 0 Å². The third-order valence-electron chi connectivity index (χ3n) is 9.56. The Hall–Kier alpha value is -5.73. The minimum absolute atomic E-state index is 0.957. The van der Waals surface area contributed by atoms with Crippen molar-refractivity contribution in [3.63, 3.8) is 0 Å². The highest BCUT2D eigenvalue weighted by molar-refractivity contribution is 6.21. The van der Waals surface area contributed by atoms with Crippen molar-refractivity contribution in [3.05, 3.63) is 162 Å². The van der Waals surface area contributed by atoms with Crippen LogP contribution in [0.4, 0.5) is 0 Å². The van der Waals surface area contributed by atoms with Gasteiger partial charge in [-0.1, -0.05) is 127 Å². The normalized spacial score (nSPS) is 12.6. The fraction of sp³-hybridized carbons (Fsp3) is 0.0682. The maximum atomic E-state index is 5.09. The van der Waals surface area contributed by atoms with E-state index < -0.39 is 0 Å². The van der Waals surface area contributed by atoms with Gasteiger partial charge < -0.3 is 0 Å². The van der Waals surface area contributed by atoms with Crippen molar-refractivity contribution in [1.82, 2.24) is 9.55 Å². The van der Waals surface area contributed by atoms with Crippen molar-refractivity contribution in [2.24, 2.45) is 0 Å². The number of aromatic nitrogens is 2. The molecule has 0 amide bonds. The summed E-state index contributed by atoms with van der Waals surface area (Å²) in [7, 11) is 0. The van der Waals surface area contributed by atoms with Crippen LogP contribution in [0.15, 0.2) is 146 Å². The van der Waals surface area contributed by atoms with Gasteiger partial charge in [0.25, 0.3) is 0 Å². The van der Waals surface area contributed by atoms with Crippen LogP contribution in [0, 0.1) is 6.92 Å². The van der Waals surface area contributed by atoms with Gasteiger partial charge in [-0.3, -0.25) is 4.57 Å². The molecule has 0 spiro atoms. The SMILES string of the molecule is Cc1cc(-c2c3ccccc3c(-c3ccc4c(c3)CCC=C4)c3ccccc23)ccc1-n1c(-c2ccccc2)nc2ccccc21. The topological polar surface area (TPSA) is 17.8 Å². The molecule has 0 radical (unpaired) electrons. The van der Waals surface area contributed by atoms with Gasteiger partial charge >= 0.3 is 0 Å². The second-order valence-electron chi connectivity index (χ2n) is 12.3. The van der Waals surface area contributed by atoms with Gasteiger partial charge in [-0.2, -0.15) is 0 Å². The molecule has 1 aliphatic rings. The third-order valence-corrected chi connectivity index (χ3v) is 9.56. The van der Waals surface area contributed by atoms with Gasteiger partial charge in [-0.05, 0) is 105 Å². The smallest absolute Gasteiger partial charge is 0.145 e. The van der Waals surface area contributed by atoms with Crippen molar-refractivity contribution in [2.75, 3.05) is 0 Å². The largest absolute Gasteiger partial charge is 0.292 e. The quantitative estimate of drug-likeness (QED) is 0.187. The first-order chi connectivity index (χ1) is 22.7. The Morgan fingerprint density at radius 3 is 1.87 bits per heavy atom. The molecular weight excluding hydrogens is 556 g/mol. The number of benzene rings is 7. The Kier molecular flexibility index (Phi) is 6.21. The molecule has 218 valence electrons. The molecule has 0 fully saturated rings. The number of para-hydroxylation sites is 2. The summed E-state index contributed by atoms with van der Waals surface area (Å²) in [6.07, 6.45) is 6.75. The van der Waals surface area contributed by atoms with E-state index in [-0.39, 0.29) is 0 Å². The van der Waals surface area contributed by atoms with Gasteiger partial charge in [-0.15, -0.1) is 0 Å². The highest BCUT2D eigenvalue weighted by Gasteiger charge is 2.20. The molecule has 1 aliphatic carbocycles. The van der Waals surface area contributed by atoms with Gasteiger partial charge in [0.2, 0.25) is 0 Å². The van der Waals surface area contributed by atoms with Crippen LogP contribution < -0.4 is 0 Å². The van der Waals surface area contributed by atoms with Crippen molar-refractivity contribution in [1.29, 1.82) is 0 Å². The highest BCUT2D eigenvalue weighted by Crippen LogP contribution is 2.45. The van der Waals surface area contributed by atoms with E-state index in [4.69, 9.17) is 4.98 Å². The molecule has 8 aromatic rings. The Balaban J connectivity index is 1.27. The predicted octanol–water partition coefficient (Wildman–Crippen LogP) is 11.6. The molecule has 0 saturated heterocycles. The first-order valence-corrected chi connectivity index (χ1v) is 16.1. The number of hydrogen-bond acceptors (Lipinski definition) is 1. The molecule has 46 heavy (non-hydrogen) atoms. The summed E-state index contributed by atoms with van der Waals surface area (Å²) in [4.78, 5) is 5.09. The van der Waals surface area contributed by atoms with E-state index in [0.717, 1.165) is 41.0 Å². The van der Waals surface area contributed by atoms with Gasteiger partial charge in [0.1, 0.15) is 5.82 Å². The Morgan fingerprint density at radius 2 is 1.17 bits per heavy atom. The number of aryl methyl sites for hydroxylation is 2. The van der Waals surface area contributed by atoms with Crippen molar-refractivity contribution >= 4 is 38.7 Å². The van der Waals surface area contributed by atoms with Gasteiger partial charge in [0.05, 0.1) is 16.7 Å². The summed E-state index contributed by atoms with van der Waals surface area (Å²) >= 11 is 0. The zero-order valence-electron chi connectivity index (χ0n) is 25.7. The Labute approximate surface area is 268 Å². The molecule has 0 N–H and O–H groups in total. The molecule has 7 aromatic carbocycles. The molecule has 0 unspecified atom stereocenters. The molecule has 0 aliphatic heterocycles. The van der Waals surface area contributed by atoms with Gasteiger partial charge in [0, 0.05) is 5.56 Å². The molecule has 0 atom stereocenters. The minimum atomic E-state index is 0.957. The van der Waals surface area contributed by atoms with E-state index in [2.05, 4.69) is 163 Å². The van der Waals surface area contributed by atoms with Crippen LogP contribution in [0.3, 0.4) is 0 Å². The average molecular weight is 589 g/mol. The molecule has 0 bridgehead atoms. The van der Waals surface area contributed by atoms with E-state index >= 15 is 0 Å². The van der Waals surface area contributed by atoms with Gasteiger partial charge in [0.15, 0.2) is 0 Å². The summed E-state index contributed by atoms with van der Waals surface area (Å²) in [5.41, 5.74) is 13.5. The lowest BCUT2D eigenvalue weighted by Gasteiger charge is -2.20. The van der Waals surface area contributed by atoms with Crippen molar-refractivity contribution in [3.8, 4) is 39.3 Å². The minimum Gasteiger partial charge on any atom is -0.292 e. The van der Waals surface area contributed by atoms with Crippen LogP contribution in [-0.2, 0) is 6.42 Å². The van der Waals surface area contributed by atoms with Crippen LogP contribution in [0.1, 0.15) is 23.1 Å². The van der Waals surface area contributed by atoms with Crippen LogP contribution in [0.2, 0.25) is 0 Å². The first kappa shape index (κ1) is 26.7. The lowest BCUT2D eigenvalue weighted by molar-refractivity contribution is 0.986. The molecule has 2 heteroatoms. The number of nitrogens with zero attached hydrogens (tertiary/aromatic N) is 2. The van der Waals surface area contributed by atoms with Crippen molar-refractivity contribution < 1.29 is 0 Å². The number of rotatable bonds is 4. The second kappa shape index (κ2) is 10.7. The zero-order valence-corrected chi connectivity index (χ0v) is 25.7. The van der Waals surface area contributed by atoms with E-state index in [0.29, 0.717) is 0 Å². The number of allylic oxidation sites excluding steroid dienone is 1. The monoisotopic (exact) mass is 588 g/mol. The predicted molar refractivity (Wildman–Crippen MR) is 194 cm³/mol. The molecular formula is C44H32N2. The zero-order chi connectivity index (χ0) is 30.6. The maximum Gasteiger partial charge on any atom is 0.145 e. The standard InChI is InChI=1S/C44H32N2/c1-29-27-33(25-26-40(29)46-41-22-12-11-21-39(41)45-44(46)31-14-3-2-4-15-31)42-35-17-7-9-19-37(35)43(38-20-10-8-18-36(38)42)34-24-23-30-13-5-6-16-32(30)28-34/h2-5,7-15,17-28H,6,16H2,1H3. The van der Waals surface area contributed by atoms with E-state index in [1.807, 2.05) is 0 Å².